The van der Waals surface area contributed by atoms with Crippen molar-refractivity contribution < 1.29 is 14.3 Å². The maximum atomic E-state index is 9.93. The zero-order valence-electron chi connectivity index (χ0n) is 7.36. The van der Waals surface area contributed by atoms with Crippen molar-refractivity contribution in [3.05, 3.63) is 24.7 Å². The number of carbonyl (C=O) groups is 1. The van der Waals surface area contributed by atoms with Crippen molar-refractivity contribution in [2.45, 2.75) is 20.3 Å². The molecule has 1 heterocycles. The summed E-state index contributed by atoms with van der Waals surface area (Å²) in [6.07, 6.45) is 3.97. The Morgan fingerprint density at radius 2 is 2.00 bits per heavy atom. The van der Waals surface area contributed by atoms with Gasteiger partial charge in [-0.05, 0) is 18.6 Å². The van der Waals surface area contributed by atoms with Crippen LogP contribution in [0.25, 0.3) is 0 Å². The van der Waals surface area contributed by atoms with Crippen LogP contribution in [0.5, 0.6) is 0 Å². The first-order valence-corrected chi connectivity index (χ1v) is 3.88. The van der Waals surface area contributed by atoms with Gasteiger partial charge in [-0.15, -0.1) is 0 Å². The second-order valence-electron chi connectivity index (χ2n) is 2.44. The van der Waals surface area contributed by atoms with E-state index in [2.05, 4.69) is 4.42 Å². The largest absolute Gasteiger partial charge is 0.481 e. The van der Waals surface area contributed by atoms with Crippen LogP contribution >= 0.6 is 0 Å². The second-order valence-corrected chi connectivity index (χ2v) is 2.44. The molecule has 3 nitrogen and oxygen atoms in total. The molecule has 1 unspecified atom stereocenters. The summed E-state index contributed by atoms with van der Waals surface area (Å²) in [6.45, 7) is 3.56. The van der Waals surface area contributed by atoms with Gasteiger partial charge in [-0.1, -0.05) is 13.8 Å². The van der Waals surface area contributed by atoms with Gasteiger partial charge in [0.2, 0.25) is 0 Å². The Labute approximate surface area is 72.0 Å². The SMILES string of the molecule is CCC(C)C(=O)O.c1ccoc1. The van der Waals surface area contributed by atoms with Crippen LogP contribution in [0.1, 0.15) is 20.3 Å². The minimum atomic E-state index is -0.706. The highest BCUT2D eigenvalue weighted by atomic mass is 16.4. The molecule has 0 aromatic carbocycles. The van der Waals surface area contributed by atoms with Crippen molar-refractivity contribution >= 4 is 5.97 Å². The van der Waals surface area contributed by atoms with E-state index in [4.69, 9.17) is 5.11 Å². The van der Waals surface area contributed by atoms with Gasteiger partial charge in [0.25, 0.3) is 0 Å². The van der Waals surface area contributed by atoms with Crippen molar-refractivity contribution in [1.29, 1.82) is 0 Å². The molecule has 0 amide bonds. The average molecular weight is 170 g/mol. The molecular weight excluding hydrogens is 156 g/mol. The fraction of sp³-hybridized carbons (Fsp3) is 0.444. The molecule has 1 N–H and O–H groups in total. The summed E-state index contributed by atoms with van der Waals surface area (Å²) in [6, 6.07) is 3.67. The number of hydrogen-bond acceptors (Lipinski definition) is 2. The molecule has 0 fully saturated rings. The lowest BCUT2D eigenvalue weighted by Gasteiger charge is -1.96. The molecule has 1 rings (SSSR count). The van der Waals surface area contributed by atoms with Gasteiger partial charge in [-0.3, -0.25) is 4.79 Å². The number of hydrogen-bond donors (Lipinski definition) is 1. The smallest absolute Gasteiger partial charge is 0.306 e. The molecule has 0 radical (unpaired) electrons. The van der Waals surface area contributed by atoms with E-state index in [1.807, 2.05) is 19.1 Å². The molecule has 0 aliphatic rings. The first-order valence-electron chi connectivity index (χ1n) is 3.88. The van der Waals surface area contributed by atoms with Crippen molar-refractivity contribution in [3.8, 4) is 0 Å². The third-order valence-corrected chi connectivity index (χ3v) is 1.46. The van der Waals surface area contributed by atoms with Gasteiger partial charge in [-0.2, -0.15) is 0 Å². The molecule has 1 atom stereocenters. The molecular formula is C9H14O3. The summed E-state index contributed by atoms with van der Waals surface area (Å²) in [5.41, 5.74) is 0. The highest BCUT2D eigenvalue weighted by Crippen LogP contribution is 1.97. The van der Waals surface area contributed by atoms with Crippen LogP contribution in [-0.4, -0.2) is 11.1 Å². The quantitative estimate of drug-likeness (QED) is 0.741. The first-order chi connectivity index (χ1) is 5.68. The van der Waals surface area contributed by atoms with Crippen LogP contribution in [-0.2, 0) is 4.79 Å². The minimum absolute atomic E-state index is 0.181. The van der Waals surface area contributed by atoms with Crippen LogP contribution in [0, 0.1) is 5.92 Å². The van der Waals surface area contributed by atoms with E-state index in [9.17, 15) is 4.79 Å². The highest BCUT2D eigenvalue weighted by Gasteiger charge is 2.05. The maximum Gasteiger partial charge on any atom is 0.306 e. The van der Waals surface area contributed by atoms with Crippen LogP contribution in [0.15, 0.2) is 29.1 Å². The second kappa shape index (κ2) is 6.46. The number of carboxylic acids is 1. The molecule has 1 aromatic rings. The monoisotopic (exact) mass is 170 g/mol. The van der Waals surface area contributed by atoms with Crippen molar-refractivity contribution in [3.63, 3.8) is 0 Å². The lowest BCUT2D eigenvalue weighted by Crippen LogP contribution is -2.06. The molecule has 0 aliphatic carbocycles. The molecule has 1 aromatic heterocycles. The Morgan fingerprint density at radius 1 is 1.50 bits per heavy atom. The Bertz CT molecular complexity index is 174. The van der Waals surface area contributed by atoms with Crippen molar-refractivity contribution in [1.82, 2.24) is 0 Å². The average Bonchev–Trinajstić information content (AvgIpc) is 2.59. The molecule has 0 saturated carbocycles. The summed E-state index contributed by atoms with van der Waals surface area (Å²) in [4.78, 5) is 9.93. The highest BCUT2D eigenvalue weighted by molar-refractivity contribution is 5.69. The lowest BCUT2D eigenvalue weighted by molar-refractivity contribution is -0.141. The number of carboxylic acid groups (broad SMARTS) is 1. The van der Waals surface area contributed by atoms with Gasteiger partial charge in [-0.25, -0.2) is 0 Å². The summed E-state index contributed by atoms with van der Waals surface area (Å²) >= 11 is 0. The van der Waals surface area contributed by atoms with E-state index in [1.54, 1.807) is 19.5 Å². The van der Waals surface area contributed by atoms with Gasteiger partial charge in [0.05, 0.1) is 18.4 Å². The Kier molecular flexibility index (Phi) is 5.79. The Morgan fingerprint density at radius 3 is 2.08 bits per heavy atom. The van der Waals surface area contributed by atoms with E-state index in [0.29, 0.717) is 0 Å². The van der Waals surface area contributed by atoms with Crippen LogP contribution < -0.4 is 0 Å². The Balaban J connectivity index is 0.000000211. The zero-order valence-corrected chi connectivity index (χ0v) is 7.36. The van der Waals surface area contributed by atoms with Gasteiger partial charge >= 0.3 is 5.97 Å². The fourth-order valence-corrected chi connectivity index (χ4v) is 0.401. The zero-order chi connectivity index (χ0) is 9.40. The maximum absolute atomic E-state index is 9.93. The number of aliphatic carboxylic acids is 1. The number of furan rings is 1. The van der Waals surface area contributed by atoms with E-state index in [-0.39, 0.29) is 5.92 Å². The summed E-state index contributed by atoms with van der Waals surface area (Å²) in [5, 5.41) is 8.18. The van der Waals surface area contributed by atoms with Crippen LogP contribution in [0.4, 0.5) is 0 Å². The summed E-state index contributed by atoms with van der Waals surface area (Å²) in [5.74, 6) is -0.887. The van der Waals surface area contributed by atoms with E-state index in [0.717, 1.165) is 6.42 Å². The standard InChI is InChI=1S/C5H10O2.C4H4O/c1-3-4(2)5(6)7;1-2-4-5-3-1/h4H,3H2,1-2H3,(H,6,7);1-4H. The topological polar surface area (TPSA) is 50.4 Å². The van der Waals surface area contributed by atoms with Gasteiger partial charge in [0.1, 0.15) is 0 Å². The Hall–Kier alpha value is -1.25. The minimum Gasteiger partial charge on any atom is -0.481 e. The molecule has 0 aliphatic heterocycles. The van der Waals surface area contributed by atoms with E-state index >= 15 is 0 Å². The van der Waals surface area contributed by atoms with Crippen molar-refractivity contribution in [2.75, 3.05) is 0 Å². The summed E-state index contributed by atoms with van der Waals surface area (Å²) < 4.78 is 4.58. The summed E-state index contributed by atoms with van der Waals surface area (Å²) in [7, 11) is 0. The molecule has 0 saturated heterocycles. The van der Waals surface area contributed by atoms with Gasteiger partial charge in [0, 0.05) is 0 Å². The van der Waals surface area contributed by atoms with Crippen molar-refractivity contribution in [2.24, 2.45) is 5.92 Å². The molecule has 12 heavy (non-hydrogen) atoms. The van der Waals surface area contributed by atoms with Gasteiger partial charge < -0.3 is 9.52 Å². The predicted octanol–water partition coefficient (Wildman–Crippen LogP) is 2.40. The van der Waals surface area contributed by atoms with Crippen LogP contribution in [0.3, 0.4) is 0 Å². The molecule has 68 valence electrons. The van der Waals surface area contributed by atoms with E-state index < -0.39 is 5.97 Å². The first kappa shape index (κ1) is 10.8. The molecule has 3 heteroatoms. The predicted molar refractivity (Wildman–Crippen MR) is 45.8 cm³/mol. The van der Waals surface area contributed by atoms with Gasteiger partial charge in [0.15, 0.2) is 0 Å². The molecule has 0 spiro atoms. The molecule has 0 bridgehead atoms. The normalized spacial score (nSPS) is 11.2. The number of rotatable bonds is 2. The third kappa shape index (κ3) is 5.53. The van der Waals surface area contributed by atoms with E-state index in [1.165, 1.54) is 0 Å². The third-order valence-electron chi connectivity index (χ3n) is 1.46. The van der Waals surface area contributed by atoms with Crippen LogP contribution in [0.2, 0.25) is 0 Å². The lowest BCUT2D eigenvalue weighted by atomic mass is 10.1. The fourth-order valence-electron chi connectivity index (χ4n) is 0.401.